The number of amides is 1. The summed E-state index contributed by atoms with van der Waals surface area (Å²) in [5, 5.41) is 6.71. The molecule has 0 aliphatic carbocycles. The topological polar surface area (TPSA) is 68.4 Å². The zero-order chi connectivity index (χ0) is 29.5. The van der Waals surface area contributed by atoms with Crippen LogP contribution in [0, 0.1) is 0 Å². The van der Waals surface area contributed by atoms with Crippen LogP contribution in [0.4, 0.5) is 5.69 Å². The van der Waals surface area contributed by atoms with Gasteiger partial charge in [-0.3, -0.25) is 14.2 Å². The first kappa shape index (κ1) is 27.3. The van der Waals surface area contributed by atoms with Crippen LogP contribution in [0.1, 0.15) is 29.0 Å². The van der Waals surface area contributed by atoms with Gasteiger partial charge in [0.2, 0.25) is 0 Å². The lowest BCUT2D eigenvalue weighted by molar-refractivity contribution is -0.113. The molecule has 6 aromatic rings. The van der Waals surface area contributed by atoms with E-state index in [1.165, 1.54) is 22.7 Å². The lowest BCUT2D eigenvalue weighted by atomic mass is 10.0. The van der Waals surface area contributed by atoms with Crippen molar-refractivity contribution < 1.29 is 4.79 Å². The number of hydrogen-bond donors (Lipinski definition) is 1. The van der Waals surface area contributed by atoms with Crippen molar-refractivity contribution in [2.75, 3.05) is 5.32 Å². The Hall–Kier alpha value is -4.50. The lowest BCUT2D eigenvalue weighted by Crippen LogP contribution is -2.40. The maximum absolute atomic E-state index is 14.1. The van der Waals surface area contributed by atoms with E-state index in [9.17, 15) is 9.59 Å². The van der Waals surface area contributed by atoms with Crippen molar-refractivity contribution in [3.8, 4) is 0 Å². The third kappa shape index (κ3) is 5.18. The Morgan fingerprint density at radius 2 is 1.77 bits per heavy atom. The van der Waals surface area contributed by atoms with Crippen LogP contribution >= 0.6 is 34.3 Å². The molecule has 7 rings (SSSR count). The molecular weight excluding hydrogens is 596 g/mol. The highest BCUT2D eigenvalue weighted by Gasteiger charge is 2.33. The Balaban J connectivity index is 1.33. The molecule has 0 saturated carbocycles. The van der Waals surface area contributed by atoms with Crippen molar-refractivity contribution in [1.82, 2.24) is 9.13 Å². The van der Waals surface area contributed by atoms with Crippen LogP contribution in [-0.4, -0.2) is 15.0 Å². The van der Waals surface area contributed by atoms with Gasteiger partial charge in [-0.05, 0) is 60.3 Å². The van der Waals surface area contributed by atoms with Crippen LogP contribution in [-0.2, 0) is 11.3 Å². The van der Waals surface area contributed by atoms with Crippen molar-refractivity contribution in [2.24, 2.45) is 4.99 Å². The molecule has 0 saturated heterocycles. The SMILES string of the molecule is CC1=C(C(=O)Nc2ccccc2)[C@@H](c2cccs2)n2c(s/c(=C/c3cn(Cc4ccc(Cl)cc4)c4ccccc34)c2=O)=N1. The molecule has 1 amide bonds. The Labute approximate surface area is 260 Å². The first-order valence-corrected chi connectivity index (χ1v) is 15.8. The fourth-order valence-corrected chi connectivity index (χ4v) is 7.48. The van der Waals surface area contributed by atoms with Gasteiger partial charge in [0, 0.05) is 44.8 Å². The number of aromatic nitrogens is 2. The molecular formula is C34H25ClN4O2S2. The van der Waals surface area contributed by atoms with Crippen LogP contribution in [0.5, 0.6) is 0 Å². The fourth-order valence-electron chi connectivity index (χ4n) is 5.50. The van der Waals surface area contributed by atoms with Gasteiger partial charge in [-0.15, -0.1) is 11.3 Å². The smallest absolute Gasteiger partial charge is 0.271 e. The highest BCUT2D eigenvalue weighted by Crippen LogP contribution is 2.33. The largest absolute Gasteiger partial charge is 0.342 e. The number of thiazole rings is 1. The number of rotatable bonds is 6. The molecule has 1 atom stereocenters. The molecule has 0 bridgehead atoms. The van der Waals surface area contributed by atoms with Crippen LogP contribution in [0.15, 0.2) is 124 Å². The molecule has 0 fully saturated rings. The number of carbonyl (C=O) groups excluding carboxylic acids is 1. The van der Waals surface area contributed by atoms with E-state index in [4.69, 9.17) is 16.6 Å². The first-order chi connectivity index (χ1) is 21.0. The number of hydrogen-bond acceptors (Lipinski definition) is 5. The molecule has 1 N–H and O–H groups in total. The Morgan fingerprint density at radius 1 is 1.00 bits per heavy atom. The van der Waals surface area contributed by atoms with Crippen LogP contribution in [0.25, 0.3) is 17.0 Å². The summed E-state index contributed by atoms with van der Waals surface area (Å²) >= 11 is 8.97. The quantitative estimate of drug-likeness (QED) is 0.228. The van der Waals surface area contributed by atoms with E-state index < -0.39 is 6.04 Å². The Kier molecular flexibility index (Phi) is 7.18. The number of nitrogens with zero attached hydrogens (tertiary/aromatic N) is 3. The van der Waals surface area contributed by atoms with Crippen LogP contribution in [0.2, 0.25) is 5.02 Å². The van der Waals surface area contributed by atoms with E-state index in [0.717, 1.165) is 26.9 Å². The number of fused-ring (bicyclic) bond motifs is 2. The van der Waals surface area contributed by atoms with Crippen molar-refractivity contribution in [1.29, 1.82) is 0 Å². The fraction of sp³-hybridized carbons (Fsp3) is 0.0882. The van der Waals surface area contributed by atoms with Gasteiger partial charge in [0.05, 0.1) is 15.8 Å². The molecule has 0 spiro atoms. The maximum Gasteiger partial charge on any atom is 0.271 e. The second-order valence-electron chi connectivity index (χ2n) is 10.3. The highest BCUT2D eigenvalue weighted by molar-refractivity contribution is 7.10. The van der Waals surface area contributed by atoms with E-state index in [0.29, 0.717) is 37.9 Å². The molecule has 3 aromatic heterocycles. The molecule has 4 heterocycles. The zero-order valence-corrected chi connectivity index (χ0v) is 25.4. The number of para-hydroxylation sites is 2. The summed E-state index contributed by atoms with van der Waals surface area (Å²) in [4.78, 5) is 34.1. The first-order valence-electron chi connectivity index (χ1n) is 13.7. The highest BCUT2D eigenvalue weighted by atomic mass is 35.5. The summed E-state index contributed by atoms with van der Waals surface area (Å²) in [6, 6.07) is 28.7. The molecule has 6 nitrogen and oxygen atoms in total. The number of benzene rings is 3. The summed E-state index contributed by atoms with van der Waals surface area (Å²) in [6.07, 6.45) is 4.03. The van der Waals surface area contributed by atoms with Gasteiger partial charge in [-0.2, -0.15) is 0 Å². The number of nitrogens with one attached hydrogen (secondary N) is 1. The van der Waals surface area contributed by atoms with Crippen molar-refractivity contribution in [3.05, 3.63) is 155 Å². The normalized spacial score (nSPS) is 15.0. The van der Waals surface area contributed by atoms with Gasteiger partial charge in [-0.1, -0.05) is 77.5 Å². The molecule has 9 heteroatoms. The molecule has 212 valence electrons. The van der Waals surface area contributed by atoms with Gasteiger partial charge in [-0.25, -0.2) is 4.99 Å². The molecule has 43 heavy (non-hydrogen) atoms. The second kappa shape index (κ2) is 11.3. The molecule has 0 unspecified atom stereocenters. The Bertz CT molecular complexity index is 2190. The summed E-state index contributed by atoms with van der Waals surface area (Å²) in [5.74, 6) is -0.273. The van der Waals surface area contributed by atoms with Crippen molar-refractivity contribution in [3.63, 3.8) is 0 Å². The van der Waals surface area contributed by atoms with Crippen LogP contribution in [0.3, 0.4) is 0 Å². The van der Waals surface area contributed by atoms with Crippen molar-refractivity contribution in [2.45, 2.75) is 19.5 Å². The maximum atomic E-state index is 14.1. The summed E-state index contributed by atoms with van der Waals surface area (Å²) in [5.41, 5.74) is 4.72. The predicted octanol–water partition coefficient (Wildman–Crippen LogP) is 6.59. The Morgan fingerprint density at radius 3 is 2.53 bits per heavy atom. The number of anilines is 1. The molecule has 1 aliphatic heterocycles. The van der Waals surface area contributed by atoms with Gasteiger partial charge in [0.15, 0.2) is 4.80 Å². The van der Waals surface area contributed by atoms with E-state index in [2.05, 4.69) is 28.2 Å². The predicted molar refractivity (Wildman–Crippen MR) is 176 cm³/mol. The number of carbonyl (C=O) groups is 1. The summed E-state index contributed by atoms with van der Waals surface area (Å²) < 4.78 is 4.42. The van der Waals surface area contributed by atoms with Gasteiger partial charge >= 0.3 is 0 Å². The minimum Gasteiger partial charge on any atom is -0.342 e. The standard InChI is InChI=1S/C34H25ClN4O2S2/c1-21-30(32(40)37-25-8-3-2-4-9-25)31(28-12-7-17-42-28)39-33(41)29(43-34(39)36-21)18-23-20-38(27-11-6-5-10-26(23)27)19-22-13-15-24(35)16-14-22/h2-18,20,31H,19H2,1H3,(H,37,40)/b29-18+/t31-/m1/s1. The van der Waals surface area contributed by atoms with E-state index >= 15 is 0 Å². The monoisotopic (exact) mass is 620 g/mol. The third-order valence-electron chi connectivity index (χ3n) is 7.48. The van der Waals surface area contributed by atoms with Crippen molar-refractivity contribution >= 4 is 62.8 Å². The summed E-state index contributed by atoms with van der Waals surface area (Å²) in [6.45, 7) is 2.51. The average molecular weight is 621 g/mol. The number of thiophene rings is 1. The molecule has 1 aliphatic rings. The van der Waals surface area contributed by atoms with E-state index in [1.807, 2.05) is 97.2 Å². The number of halogens is 1. The van der Waals surface area contributed by atoms with Gasteiger partial charge < -0.3 is 9.88 Å². The number of allylic oxidation sites excluding steroid dienone is 1. The molecule has 3 aromatic carbocycles. The van der Waals surface area contributed by atoms with E-state index in [1.54, 1.807) is 4.57 Å². The minimum atomic E-state index is -0.576. The van der Waals surface area contributed by atoms with Gasteiger partial charge in [0.1, 0.15) is 6.04 Å². The average Bonchev–Trinajstić information content (AvgIpc) is 3.74. The minimum absolute atomic E-state index is 0.172. The third-order valence-corrected chi connectivity index (χ3v) is 9.64. The van der Waals surface area contributed by atoms with Crippen LogP contribution < -0.4 is 20.2 Å². The van der Waals surface area contributed by atoms with E-state index in [-0.39, 0.29) is 11.5 Å². The second-order valence-corrected chi connectivity index (χ2v) is 12.7. The zero-order valence-electron chi connectivity index (χ0n) is 23.0. The molecule has 0 radical (unpaired) electrons. The lowest BCUT2D eigenvalue weighted by Gasteiger charge is -2.24. The summed E-state index contributed by atoms with van der Waals surface area (Å²) in [7, 11) is 0. The van der Waals surface area contributed by atoms with Gasteiger partial charge in [0.25, 0.3) is 11.5 Å².